The molecule has 5 aromatic rings. The molecule has 35 heavy (non-hydrogen) atoms. The SMILES string of the molecule is O=C1C(=Cc2ccc(N3c4ccccc4-c4ccccc4-c4ccccc43)[te]2)C(=O)c2cscc21. The molecular weight excluding hydrogens is 566 g/mol. The van der Waals surface area contributed by atoms with E-state index in [0.29, 0.717) is 16.7 Å². The predicted octanol–water partition coefficient (Wildman–Crippen LogP) is 7.38. The molecule has 0 atom stereocenters. The summed E-state index contributed by atoms with van der Waals surface area (Å²) in [4.78, 5) is 28.0. The Balaban J connectivity index is 1.39. The molecule has 3 nitrogen and oxygen atoms in total. The van der Waals surface area contributed by atoms with Crippen molar-refractivity contribution in [1.82, 2.24) is 0 Å². The summed E-state index contributed by atoms with van der Waals surface area (Å²) in [6.45, 7) is 0. The number of nitrogens with zero attached hydrogens (tertiary/aromatic N) is 1. The number of para-hydroxylation sites is 2. The molecule has 0 bridgehead atoms. The summed E-state index contributed by atoms with van der Waals surface area (Å²) in [5.41, 5.74) is 8.55. The van der Waals surface area contributed by atoms with Crippen molar-refractivity contribution in [1.29, 1.82) is 0 Å². The maximum absolute atomic E-state index is 12.8. The summed E-state index contributed by atoms with van der Waals surface area (Å²) in [6.07, 6.45) is 1.84. The van der Waals surface area contributed by atoms with E-state index in [2.05, 4.69) is 89.8 Å². The van der Waals surface area contributed by atoms with Crippen LogP contribution < -0.4 is 4.90 Å². The van der Waals surface area contributed by atoms with Crippen molar-refractivity contribution < 1.29 is 9.59 Å². The van der Waals surface area contributed by atoms with Gasteiger partial charge in [0.25, 0.3) is 0 Å². The molecule has 0 spiro atoms. The number of carbonyl (C=O) groups excluding carboxylic acids is 2. The zero-order valence-corrected chi connectivity index (χ0v) is 21.5. The Morgan fingerprint density at radius 2 is 1.11 bits per heavy atom. The predicted molar refractivity (Wildman–Crippen MR) is 143 cm³/mol. The van der Waals surface area contributed by atoms with Gasteiger partial charge in [-0.1, -0.05) is 0 Å². The van der Waals surface area contributed by atoms with Crippen molar-refractivity contribution in [2.75, 3.05) is 4.90 Å². The summed E-state index contributed by atoms with van der Waals surface area (Å²) in [6, 6.07) is 29.9. The zero-order valence-electron chi connectivity index (χ0n) is 18.4. The molecule has 2 aliphatic rings. The van der Waals surface area contributed by atoms with E-state index in [1.165, 1.54) is 37.3 Å². The van der Waals surface area contributed by atoms with Gasteiger partial charge in [-0.3, -0.25) is 0 Å². The van der Waals surface area contributed by atoms with Gasteiger partial charge in [0.2, 0.25) is 0 Å². The summed E-state index contributed by atoms with van der Waals surface area (Å²) in [5, 5.41) is 3.56. The van der Waals surface area contributed by atoms with Crippen LogP contribution in [-0.2, 0) is 0 Å². The number of Topliss-reactive ketones (excluding diaryl/α,β-unsaturated/α-hetero) is 2. The van der Waals surface area contributed by atoms with Gasteiger partial charge >= 0.3 is 217 Å². The van der Waals surface area contributed by atoms with Crippen LogP contribution in [0.5, 0.6) is 0 Å². The number of fused-ring (bicyclic) bond motifs is 6. The molecule has 1 aliphatic carbocycles. The van der Waals surface area contributed by atoms with Crippen molar-refractivity contribution in [3.63, 3.8) is 0 Å². The molecule has 2 aromatic heterocycles. The van der Waals surface area contributed by atoms with Crippen molar-refractivity contribution >= 4 is 64.5 Å². The molecule has 3 aromatic carbocycles. The first kappa shape index (κ1) is 20.8. The first-order chi connectivity index (χ1) is 17.2. The van der Waals surface area contributed by atoms with E-state index >= 15 is 0 Å². The molecule has 5 heteroatoms. The molecular formula is C30H17NO2STe. The van der Waals surface area contributed by atoms with E-state index in [4.69, 9.17) is 0 Å². The number of allylic oxidation sites excluding steroid dienone is 1. The summed E-state index contributed by atoms with van der Waals surface area (Å²) >= 11 is 0.574. The molecule has 0 saturated carbocycles. The van der Waals surface area contributed by atoms with Gasteiger partial charge in [0.1, 0.15) is 0 Å². The number of hydrogen-bond acceptors (Lipinski definition) is 4. The second-order valence-electron chi connectivity index (χ2n) is 8.51. The second-order valence-corrected chi connectivity index (χ2v) is 12.4. The van der Waals surface area contributed by atoms with Crippen LogP contribution in [0.1, 0.15) is 24.3 Å². The fourth-order valence-electron chi connectivity index (χ4n) is 4.97. The Morgan fingerprint density at radius 1 is 0.600 bits per heavy atom. The van der Waals surface area contributed by atoms with Gasteiger partial charge in [-0.15, -0.1) is 0 Å². The van der Waals surface area contributed by atoms with E-state index in [-0.39, 0.29) is 11.6 Å². The van der Waals surface area contributed by atoms with Crippen LogP contribution in [0.2, 0.25) is 0 Å². The topological polar surface area (TPSA) is 37.4 Å². The third-order valence-electron chi connectivity index (χ3n) is 6.56. The Labute approximate surface area is 216 Å². The number of carbonyl (C=O) groups is 2. The number of ketones is 2. The number of benzene rings is 3. The Morgan fingerprint density at radius 3 is 1.69 bits per heavy atom. The first-order valence-corrected chi connectivity index (χ1v) is 14.5. The number of thiophene rings is 1. The van der Waals surface area contributed by atoms with E-state index in [0.717, 1.165) is 15.0 Å². The molecule has 0 fully saturated rings. The number of hydrogen-bond donors (Lipinski definition) is 0. The van der Waals surface area contributed by atoms with E-state index in [9.17, 15) is 9.59 Å². The molecule has 7 rings (SSSR count). The zero-order chi connectivity index (χ0) is 23.5. The molecule has 0 saturated heterocycles. The fraction of sp³-hybridized carbons (Fsp3) is 0. The van der Waals surface area contributed by atoms with Gasteiger partial charge in [0, 0.05) is 0 Å². The van der Waals surface area contributed by atoms with Gasteiger partial charge < -0.3 is 0 Å². The van der Waals surface area contributed by atoms with Crippen LogP contribution in [0.15, 0.2) is 101 Å². The van der Waals surface area contributed by atoms with Crippen molar-refractivity contribution in [2.45, 2.75) is 0 Å². The molecule has 0 unspecified atom stereocenters. The molecule has 0 N–H and O–H groups in total. The fourth-order valence-corrected chi connectivity index (χ4v) is 8.57. The van der Waals surface area contributed by atoms with Crippen molar-refractivity contribution in [3.05, 3.63) is 116 Å². The molecule has 166 valence electrons. The average molecular weight is 583 g/mol. The standard InChI is InChI=1S/C30H17NO2STe/c32-29-23(30(33)25-17-34-16-24(25)29)15-18-13-14-28(35-18)31-26-11-5-3-9-21(26)19-7-1-2-8-20(19)22-10-4-6-12-27(22)31/h1-17H. The maximum atomic E-state index is 12.8. The van der Waals surface area contributed by atoms with Gasteiger partial charge in [-0.25, -0.2) is 0 Å². The Bertz CT molecular complexity index is 1610. The van der Waals surface area contributed by atoms with Gasteiger partial charge in [0.15, 0.2) is 0 Å². The molecule has 3 heterocycles. The van der Waals surface area contributed by atoms with E-state index in [1.807, 2.05) is 6.08 Å². The Hall–Kier alpha value is -3.49. The van der Waals surface area contributed by atoms with E-state index in [1.54, 1.807) is 10.8 Å². The first-order valence-electron chi connectivity index (χ1n) is 11.3. The number of anilines is 3. The van der Waals surface area contributed by atoms with Gasteiger partial charge in [0.05, 0.1) is 0 Å². The molecule has 1 aliphatic heterocycles. The van der Waals surface area contributed by atoms with Crippen molar-refractivity contribution in [2.24, 2.45) is 0 Å². The summed E-state index contributed by atoms with van der Waals surface area (Å²) in [5.74, 6) is -0.289. The van der Waals surface area contributed by atoms with Gasteiger partial charge in [-0.2, -0.15) is 0 Å². The monoisotopic (exact) mass is 585 g/mol. The minimum atomic E-state index is -0.831. The van der Waals surface area contributed by atoms with Gasteiger partial charge in [-0.05, 0) is 0 Å². The molecule has 0 amide bonds. The van der Waals surface area contributed by atoms with Crippen LogP contribution >= 0.6 is 11.3 Å². The van der Waals surface area contributed by atoms with Crippen LogP contribution in [0.4, 0.5) is 15.1 Å². The third-order valence-corrected chi connectivity index (χ3v) is 10.2. The third kappa shape index (κ3) is 3.17. The normalized spacial score (nSPS) is 13.7. The minimum absolute atomic E-state index is 0.144. The number of rotatable bonds is 2. The van der Waals surface area contributed by atoms with Crippen LogP contribution in [0, 0.1) is 0 Å². The molecule has 0 radical (unpaired) electrons. The van der Waals surface area contributed by atoms with Crippen molar-refractivity contribution in [3.8, 4) is 22.3 Å². The van der Waals surface area contributed by atoms with Crippen LogP contribution in [0.3, 0.4) is 0 Å². The van der Waals surface area contributed by atoms with Crippen LogP contribution in [0.25, 0.3) is 28.3 Å². The average Bonchev–Trinajstić information content (AvgIpc) is 3.60. The quantitative estimate of drug-likeness (QED) is 0.121. The van der Waals surface area contributed by atoms with Crippen LogP contribution in [-0.4, -0.2) is 32.0 Å². The van der Waals surface area contributed by atoms with E-state index < -0.39 is 20.4 Å². The summed E-state index contributed by atoms with van der Waals surface area (Å²) < 4.78 is 2.33. The second kappa shape index (κ2) is 8.03. The Kier molecular flexibility index (Phi) is 4.78. The summed E-state index contributed by atoms with van der Waals surface area (Å²) in [7, 11) is 0.